The first-order valence-corrected chi connectivity index (χ1v) is 10.7. The van der Waals surface area contributed by atoms with E-state index in [9.17, 15) is 19.1 Å². The summed E-state index contributed by atoms with van der Waals surface area (Å²) in [6, 6.07) is 8.47. The zero-order chi connectivity index (χ0) is 24.7. The molecule has 1 amide bonds. The molecule has 7 nitrogen and oxygen atoms in total. The number of Topliss-reactive ketones (excluding diaryl/α,β-unsaturated/α-hetero) is 1. The average Bonchev–Trinajstić information content (AvgIpc) is 3.35. The normalized spacial score (nSPS) is 17.4. The van der Waals surface area contributed by atoms with Gasteiger partial charge in [-0.2, -0.15) is 0 Å². The Morgan fingerprint density at radius 1 is 1.03 bits per heavy atom. The van der Waals surface area contributed by atoms with Crippen molar-refractivity contribution in [2.24, 2.45) is 0 Å². The molecule has 0 aliphatic carbocycles. The van der Waals surface area contributed by atoms with Gasteiger partial charge in [0.2, 0.25) is 0 Å². The summed E-state index contributed by atoms with van der Waals surface area (Å²) >= 11 is 12.2. The van der Waals surface area contributed by atoms with Crippen LogP contribution in [0.1, 0.15) is 23.1 Å². The highest BCUT2D eigenvalue weighted by molar-refractivity contribution is 6.51. The predicted octanol–water partition coefficient (Wildman–Crippen LogP) is 5.68. The van der Waals surface area contributed by atoms with Gasteiger partial charge in [-0.3, -0.25) is 14.5 Å². The number of aliphatic hydroxyl groups is 1. The monoisotopic (exact) mass is 505 g/mol. The largest absolute Gasteiger partial charge is 0.507 e. The number of hydrogen-bond acceptors (Lipinski definition) is 6. The first kappa shape index (κ1) is 23.7. The molecular formula is C24H18Cl2FNO6. The summed E-state index contributed by atoms with van der Waals surface area (Å²) in [4.78, 5) is 27.4. The van der Waals surface area contributed by atoms with E-state index in [4.69, 9.17) is 37.1 Å². The third kappa shape index (κ3) is 3.89. The van der Waals surface area contributed by atoms with Crippen molar-refractivity contribution in [2.45, 2.75) is 13.0 Å². The number of furan rings is 1. The van der Waals surface area contributed by atoms with Crippen LogP contribution in [0.3, 0.4) is 0 Å². The average molecular weight is 506 g/mol. The van der Waals surface area contributed by atoms with Crippen LogP contribution in [-0.4, -0.2) is 31.0 Å². The number of benzene rings is 2. The summed E-state index contributed by atoms with van der Waals surface area (Å²) in [5.74, 6) is -1.99. The van der Waals surface area contributed by atoms with Gasteiger partial charge in [0, 0.05) is 11.8 Å². The molecule has 0 radical (unpaired) electrons. The molecular weight excluding hydrogens is 488 g/mol. The molecule has 4 rings (SSSR count). The summed E-state index contributed by atoms with van der Waals surface area (Å²) < 4.78 is 30.0. The minimum atomic E-state index is -1.17. The van der Waals surface area contributed by atoms with E-state index in [2.05, 4.69) is 0 Å². The van der Waals surface area contributed by atoms with Gasteiger partial charge in [0.1, 0.15) is 40.6 Å². The molecule has 0 bridgehead atoms. The SMILES string of the molecule is COc1cc(OC)c(/C(O)=C2\C(=O)C(=O)N(c3ccc(F)c(Cl)c3)C2c2ccc(C)o2)cc1Cl. The molecule has 1 saturated heterocycles. The van der Waals surface area contributed by atoms with Crippen LogP contribution in [0.4, 0.5) is 10.1 Å². The maximum absolute atomic E-state index is 13.8. The highest BCUT2D eigenvalue weighted by Crippen LogP contribution is 2.45. The van der Waals surface area contributed by atoms with Crippen molar-refractivity contribution >= 4 is 46.3 Å². The van der Waals surface area contributed by atoms with E-state index in [0.29, 0.717) is 5.76 Å². The van der Waals surface area contributed by atoms with Crippen molar-refractivity contribution in [3.63, 3.8) is 0 Å². The molecule has 2 heterocycles. The van der Waals surface area contributed by atoms with E-state index < -0.39 is 29.3 Å². The number of aliphatic hydroxyl groups excluding tert-OH is 1. The number of anilines is 1. The zero-order valence-corrected chi connectivity index (χ0v) is 19.7. The van der Waals surface area contributed by atoms with E-state index in [1.54, 1.807) is 19.1 Å². The van der Waals surface area contributed by atoms with E-state index in [1.807, 2.05) is 0 Å². The third-order valence-corrected chi connectivity index (χ3v) is 5.97. The second kappa shape index (κ2) is 9.04. The summed E-state index contributed by atoms with van der Waals surface area (Å²) in [6.45, 7) is 1.69. The summed E-state index contributed by atoms with van der Waals surface area (Å²) in [6.07, 6.45) is 0. The van der Waals surface area contributed by atoms with Gasteiger partial charge in [-0.1, -0.05) is 23.2 Å². The number of nitrogens with zero attached hydrogens (tertiary/aromatic N) is 1. The summed E-state index contributed by atoms with van der Waals surface area (Å²) in [5.41, 5.74) is -0.0534. The van der Waals surface area contributed by atoms with Gasteiger partial charge in [0.05, 0.1) is 35.4 Å². The van der Waals surface area contributed by atoms with E-state index in [1.165, 1.54) is 38.5 Å². The zero-order valence-electron chi connectivity index (χ0n) is 18.2. The number of amides is 1. The Balaban J connectivity index is 1.98. The van der Waals surface area contributed by atoms with Gasteiger partial charge in [-0.25, -0.2) is 4.39 Å². The highest BCUT2D eigenvalue weighted by atomic mass is 35.5. The molecule has 2 aromatic carbocycles. The number of methoxy groups -OCH3 is 2. The molecule has 1 N–H and O–H groups in total. The minimum Gasteiger partial charge on any atom is -0.507 e. The molecule has 1 aliphatic heterocycles. The fourth-order valence-corrected chi connectivity index (χ4v) is 4.21. The fraction of sp³-hybridized carbons (Fsp3) is 0.167. The smallest absolute Gasteiger partial charge is 0.300 e. The number of carbonyl (C=O) groups excluding carboxylic acids is 2. The maximum Gasteiger partial charge on any atom is 0.300 e. The summed E-state index contributed by atoms with van der Waals surface area (Å²) in [7, 11) is 2.78. The Hall–Kier alpha value is -3.49. The third-order valence-electron chi connectivity index (χ3n) is 5.39. The second-order valence-electron chi connectivity index (χ2n) is 7.40. The second-order valence-corrected chi connectivity index (χ2v) is 8.22. The predicted molar refractivity (Wildman–Crippen MR) is 124 cm³/mol. The van der Waals surface area contributed by atoms with Gasteiger partial charge in [0.15, 0.2) is 0 Å². The Labute approximate surface area is 203 Å². The van der Waals surface area contributed by atoms with Gasteiger partial charge in [-0.15, -0.1) is 0 Å². The van der Waals surface area contributed by atoms with Crippen molar-refractivity contribution in [3.05, 3.63) is 81.0 Å². The number of rotatable bonds is 5. The van der Waals surface area contributed by atoms with Crippen LogP contribution >= 0.6 is 23.2 Å². The van der Waals surface area contributed by atoms with Crippen LogP contribution in [0.2, 0.25) is 10.0 Å². The standard InChI is InChI=1S/C24H18Cl2FNO6/c1-11-4-7-17(34-11)21-20(22(29)13-9-15(26)19(33-3)10-18(13)32-2)23(30)24(31)28(21)12-5-6-16(27)14(25)8-12/h4-10,21,29H,1-3H3/b22-20+. The molecule has 176 valence electrons. The first-order valence-electron chi connectivity index (χ1n) is 9.92. The molecule has 1 aromatic heterocycles. The lowest BCUT2D eigenvalue weighted by Crippen LogP contribution is -2.29. The lowest BCUT2D eigenvalue weighted by atomic mass is 9.98. The number of halogens is 3. The molecule has 3 aromatic rings. The quantitative estimate of drug-likeness (QED) is 0.272. The number of ketones is 1. The van der Waals surface area contributed by atoms with Gasteiger partial charge in [0.25, 0.3) is 11.7 Å². The number of carbonyl (C=O) groups is 2. The van der Waals surface area contributed by atoms with Gasteiger partial charge < -0.3 is 19.0 Å². The van der Waals surface area contributed by atoms with Crippen LogP contribution in [-0.2, 0) is 9.59 Å². The molecule has 1 fully saturated rings. The van der Waals surface area contributed by atoms with Gasteiger partial charge >= 0.3 is 0 Å². The summed E-state index contributed by atoms with van der Waals surface area (Å²) in [5, 5.41) is 11.2. The van der Waals surface area contributed by atoms with Gasteiger partial charge in [-0.05, 0) is 43.3 Å². The van der Waals surface area contributed by atoms with Crippen molar-refractivity contribution in [2.75, 3.05) is 19.1 Å². The first-order chi connectivity index (χ1) is 16.2. The lowest BCUT2D eigenvalue weighted by molar-refractivity contribution is -0.132. The van der Waals surface area contributed by atoms with Crippen LogP contribution in [0, 0.1) is 12.7 Å². The molecule has 1 atom stereocenters. The molecule has 0 saturated carbocycles. The Kier molecular flexibility index (Phi) is 6.29. The van der Waals surface area contributed by atoms with Crippen LogP contribution in [0.15, 0.2) is 52.5 Å². The molecule has 10 heteroatoms. The topological polar surface area (TPSA) is 89.2 Å². The molecule has 34 heavy (non-hydrogen) atoms. The van der Waals surface area contributed by atoms with E-state index >= 15 is 0 Å². The molecule has 1 aliphatic rings. The van der Waals surface area contributed by atoms with E-state index in [-0.39, 0.29) is 44.1 Å². The van der Waals surface area contributed by atoms with Crippen LogP contribution < -0.4 is 14.4 Å². The lowest BCUT2D eigenvalue weighted by Gasteiger charge is -2.24. The number of hydrogen-bond donors (Lipinski definition) is 1. The van der Waals surface area contributed by atoms with Crippen LogP contribution in [0.5, 0.6) is 11.5 Å². The van der Waals surface area contributed by atoms with Crippen LogP contribution in [0.25, 0.3) is 5.76 Å². The highest BCUT2D eigenvalue weighted by Gasteiger charge is 2.48. The Morgan fingerprint density at radius 2 is 1.74 bits per heavy atom. The van der Waals surface area contributed by atoms with Crippen molar-refractivity contribution in [3.8, 4) is 11.5 Å². The molecule has 1 unspecified atom stereocenters. The minimum absolute atomic E-state index is 0.0664. The number of aryl methyl sites for hydroxylation is 1. The maximum atomic E-state index is 13.8. The van der Waals surface area contributed by atoms with E-state index in [0.717, 1.165) is 11.0 Å². The van der Waals surface area contributed by atoms with Crippen molar-refractivity contribution in [1.82, 2.24) is 0 Å². The molecule has 0 spiro atoms. The Bertz CT molecular complexity index is 1350. The van der Waals surface area contributed by atoms with Crippen molar-refractivity contribution < 1.29 is 33.0 Å². The fourth-order valence-electron chi connectivity index (χ4n) is 3.79. The van der Waals surface area contributed by atoms with Crippen molar-refractivity contribution in [1.29, 1.82) is 0 Å². The Morgan fingerprint density at radius 3 is 2.32 bits per heavy atom. The number of ether oxygens (including phenoxy) is 2.